The molecule has 7 nitrogen and oxygen atoms in total. The first-order valence-corrected chi connectivity index (χ1v) is 10.2. The second-order valence-electron chi connectivity index (χ2n) is 8.35. The maximum atomic E-state index is 14.9. The number of oxazole rings is 1. The SMILES string of the molecule is Cc1cn2nc(-c3cc(F)c4nc(N5CCC(N(C)C)CC5)oc4c3)cc(C)c2n1. The summed E-state index contributed by atoms with van der Waals surface area (Å²) in [7, 11) is 4.21. The van der Waals surface area contributed by atoms with Crippen LogP contribution in [0, 0.1) is 19.7 Å². The van der Waals surface area contributed by atoms with E-state index in [4.69, 9.17) is 4.42 Å². The molecule has 1 fully saturated rings. The Labute approximate surface area is 174 Å². The molecule has 1 aliphatic rings. The molecule has 0 spiro atoms. The van der Waals surface area contributed by atoms with Gasteiger partial charge >= 0.3 is 0 Å². The van der Waals surface area contributed by atoms with Gasteiger partial charge in [-0.25, -0.2) is 13.9 Å². The van der Waals surface area contributed by atoms with Crippen LogP contribution < -0.4 is 4.90 Å². The summed E-state index contributed by atoms with van der Waals surface area (Å²) in [6.45, 7) is 5.60. The number of nitrogens with zero attached hydrogens (tertiary/aromatic N) is 6. The third-order valence-electron chi connectivity index (χ3n) is 5.93. The summed E-state index contributed by atoms with van der Waals surface area (Å²) in [5, 5.41) is 4.61. The Morgan fingerprint density at radius 1 is 1.10 bits per heavy atom. The zero-order chi connectivity index (χ0) is 21.0. The Hall–Kier alpha value is -3.00. The second kappa shape index (κ2) is 7.05. The summed E-state index contributed by atoms with van der Waals surface area (Å²) < 4.78 is 22.6. The van der Waals surface area contributed by atoms with Crippen molar-refractivity contribution in [1.82, 2.24) is 24.5 Å². The lowest BCUT2D eigenvalue weighted by molar-refractivity contribution is 0.247. The molecule has 0 saturated carbocycles. The lowest BCUT2D eigenvalue weighted by Crippen LogP contribution is -2.42. The summed E-state index contributed by atoms with van der Waals surface area (Å²) >= 11 is 0. The van der Waals surface area contributed by atoms with Crippen molar-refractivity contribution >= 4 is 22.8 Å². The minimum atomic E-state index is -0.401. The fraction of sp³-hybridized carbons (Fsp3) is 0.409. The molecule has 1 aliphatic heterocycles. The number of halogens is 1. The van der Waals surface area contributed by atoms with E-state index in [0.29, 0.717) is 28.9 Å². The van der Waals surface area contributed by atoms with Crippen LogP contribution >= 0.6 is 0 Å². The van der Waals surface area contributed by atoms with E-state index < -0.39 is 5.82 Å². The number of rotatable bonds is 3. The average Bonchev–Trinajstić information content (AvgIpc) is 3.31. The average molecular weight is 408 g/mol. The highest BCUT2D eigenvalue weighted by atomic mass is 19.1. The van der Waals surface area contributed by atoms with Gasteiger partial charge in [0.2, 0.25) is 0 Å². The van der Waals surface area contributed by atoms with Crippen LogP contribution in [0.25, 0.3) is 28.0 Å². The molecule has 0 amide bonds. The van der Waals surface area contributed by atoms with Gasteiger partial charge in [0.1, 0.15) is 5.52 Å². The standard InChI is InChI=1S/C22H25FN6O/c1-13-9-18(26-29-12-14(2)24-21(13)29)15-10-17(23)20-19(11-15)30-22(25-20)28-7-5-16(6-8-28)27(3)4/h9-12,16H,5-8H2,1-4H3. The Bertz CT molecular complexity index is 1240. The van der Waals surface area contributed by atoms with Gasteiger partial charge in [0, 0.05) is 24.7 Å². The van der Waals surface area contributed by atoms with Crippen LogP contribution in [0.5, 0.6) is 0 Å². The zero-order valence-corrected chi connectivity index (χ0v) is 17.7. The lowest BCUT2D eigenvalue weighted by atomic mass is 10.0. The summed E-state index contributed by atoms with van der Waals surface area (Å²) in [6.07, 6.45) is 3.94. The van der Waals surface area contributed by atoms with Crippen LogP contribution in [0.4, 0.5) is 10.4 Å². The van der Waals surface area contributed by atoms with Crippen molar-refractivity contribution in [1.29, 1.82) is 0 Å². The molecule has 1 aromatic carbocycles. The molecular weight excluding hydrogens is 383 g/mol. The lowest BCUT2D eigenvalue weighted by Gasteiger charge is -2.34. The number of fused-ring (bicyclic) bond motifs is 2. The topological polar surface area (TPSA) is 62.7 Å². The minimum Gasteiger partial charge on any atom is -0.423 e. The van der Waals surface area contributed by atoms with E-state index in [1.165, 1.54) is 6.07 Å². The van der Waals surface area contributed by atoms with Crippen molar-refractivity contribution in [3.8, 4) is 11.3 Å². The van der Waals surface area contributed by atoms with Crippen molar-refractivity contribution in [3.05, 3.63) is 41.5 Å². The molecule has 156 valence electrons. The molecule has 3 aromatic heterocycles. The van der Waals surface area contributed by atoms with Gasteiger partial charge in [-0.3, -0.25) is 0 Å². The fourth-order valence-electron chi connectivity index (χ4n) is 4.22. The van der Waals surface area contributed by atoms with Crippen LogP contribution in [0.1, 0.15) is 24.1 Å². The van der Waals surface area contributed by atoms with Crippen molar-refractivity contribution in [2.45, 2.75) is 32.7 Å². The molecule has 0 N–H and O–H groups in total. The maximum Gasteiger partial charge on any atom is 0.298 e. The fourth-order valence-corrected chi connectivity index (χ4v) is 4.22. The first-order valence-electron chi connectivity index (χ1n) is 10.2. The molecule has 0 atom stereocenters. The summed E-state index contributed by atoms with van der Waals surface area (Å²) in [6, 6.07) is 6.27. The number of anilines is 1. The van der Waals surface area contributed by atoms with Gasteiger partial charge in [-0.1, -0.05) is 0 Å². The number of piperidine rings is 1. The summed E-state index contributed by atoms with van der Waals surface area (Å²) in [5.74, 6) is -0.401. The van der Waals surface area contributed by atoms with Crippen LogP contribution in [0.15, 0.2) is 28.8 Å². The molecular formula is C22H25FN6O. The van der Waals surface area contributed by atoms with Crippen molar-refractivity contribution in [2.75, 3.05) is 32.1 Å². The largest absolute Gasteiger partial charge is 0.423 e. The van der Waals surface area contributed by atoms with Crippen LogP contribution in [0.3, 0.4) is 0 Å². The zero-order valence-electron chi connectivity index (χ0n) is 17.7. The molecule has 0 aliphatic carbocycles. The molecule has 4 aromatic rings. The first-order chi connectivity index (χ1) is 14.4. The minimum absolute atomic E-state index is 0.264. The highest BCUT2D eigenvalue weighted by Crippen LogP contribution is 2.31. The number of hydrogen-bond donors (Lipinski definition) is 0. The highest BCUT2D eigenvalue weighted by Gasteiger charge is 2.24. The molecule has 0 radical (unpaired) electrons. The number of aromatic nitrogens is 4. The van der Waals surface area contributed by atoms with Crippen LogP contribution in [-0.2, 0) is 0 Å². The van der Waals surface area contributed by atoms with Gasteiger partial charge in [-0.05, 0) is 64.5 Å². The monoisotopic (exact) mass is 408 g/mol. The van der Waals surface area contributed by atoms with Crippen molar-refractivity contribution in [2.24, 2.45) is 0 Å². The molecule has 1 saturated heterocycles. The molecule has 4 heterocycles. The molecule has 0 unspecified atom stereocenters. The number of imidazole rings is 1. The first kappa shape index (κ1) is 19.0. The van der Waals surface area contributed by atoms with E-state index in [-0.39, 0.29) is 5.52 Å². The molecule has 5 rings (SSSR count). The van der Waals surface area contributed by atoms with Gasteiger partial charge in [0.25, 0.3) is 6.01 Å². The molecule has 0 bridgehead atoms. The predicted octanol–water partition coefficient (Wildman–Crippen LogP) is 3.82. The van der Waals surface area contributed by atoms with Gasteiger partial charge < -0.3 is 14.2 Å². The third-order valence-corrected chi connectivity index (χ3v) is 5.93. The van der Waals surface area contributed by atoms with E-state index in [2.05, 4.69) is 39.0 Å². The van der Waals surface area contributed by atoms with Gasteiger partial charge in [0.15, 0.2) is 17.0 Å². The number of hydrogen-bond acceptors (Lipinski definition) is 6. The normalized spacial score (nSPS) is 15.7. The van der Waals surface area contributed by atoms with E-state index in [1.54, 1.807) is 4.52 Å². The van der Waals surface area contributed by atoms with Crippen LogP contribution in [0.2, 0.25) is 0 Å². The Morgan fingerprint density at radius 3 is 2.60 bits per heavy atom. The maximum absolute atomic E-state index is 14.9. The van der Waals surface area contributed by atoms with E-state index >= 15 is 0 Å². The van der Waals surface area contributed by atoms with Gasteiger partial charge in [-0.15, -0.1) is 0 Å². The van der Waals surface area contributed by atoms with E-state index in [1.807, 2.05) is 32.2 Å². The van der Waals surface area contributed by atoms with Gasteiger partial charge in [0.05, 0.1) is 17.6 Å². The van der Waals surface area contributed by atoms with Crippen molar-refractivity contribution < 1.29 is 8.81 Å². The van der Waals surface area contributed by atoms with Gasteiger partial charge in [-0.2, -0.15) is 10.1 Å². The predicted molar refractivity (Wildman–Crippen MR) is 114 cm³/mol. The van der Waals surface area contributed by atoms with Crippen LogP contribution in [-0.4, -0.2) is 57.7 Å². The number of aryl methyl sites for hydroxylation is 2. The quantitative estimate of drug-likeness (QED) is 0.514. The summed E-state index contributed by atoms with van der Waals surface area (Å²) in [4.78, 5) is 13.3. The van der Waals surface area contributed by atoms with E-state index in [9.17, 15) is 4.39 Å². The molecule has 30 heavy (non-hydrogen) atoms. The Kier molecular flexibility index (Phi) is 4.47. The smallest absolute Gasteiger partial charge is 0.298 e. The third kappa shape index (κ3) is 3.21. The summed E-state index contributed by atoms with van der Waals surface area (Å²) in [5.41, 5.74) is 4.71. The molecule has 8 heteroatoms. The second-order valence-corrected chi connectivity index (χ2v) is 8.35. The van der Waals surface area contributed by atoms with Crippen molar-refractivity contribution in [3.63, 3.8) is 0 Å². The van der Waals surface area contributed by atoms with E-state index in [0.717, 1.165) is 42.8 Å². The Morgan fingerprint density at radius 2 is 1.87 bits per heavy atom. The Balaban J connectivity index is 1.50. The number of benzene rings is 1. The highest BCUT2D eigenvalue weighted by molar-refractivity contribution is 5.81.